The maximum Gasteiger partial charge on any atom is 0.231 e. The molecule has 1 aromatic heterocycles. The first-order valence-corrected chi connectivity index (χ1v) is 9.10. The van der Waals surface area contributed by atoms with Crippen LogP contribution in [0.2, 0.25) is 0 Å². The van der Waals surface area contributed by atoms with E-state index in [1.165, 1.54) is 18.2 Å². The number of likely N-dealkylation sites (N-methyl/N-ethyl adjacent to an activating group) is 1. The van der Waals surface area contributed by atoms with E-state index >= 15 is 0 Å². The third kappa shape index (κ3) is 4.20. The summed E-state index contributed by atoms with van der Waals surface area (Å²) < 4.78 is 40.8. The van der Waals surface area contributed by atoms with Crippen molar-refractivity contribution in [1.29, 1.82) is 0 Å². The van der Waals surface area contributed by atoms with Crippen LogP contribution in [-0.4, -0.2) is 24.5 Å². The average molecular weight is 389 g/mol. The summed E-state index contributed by atoms with van der Waals surface area (Å²) in [7, 11) is 1.67. The molecule has 0 bridgehead atoms. The Morgan fingerprint density at radius 1 is 1.14 bits per heavy atom. The fourth-order valence-corrected chi connectivity index (χ4v) is 3.38. The molecule has 28 heavy (non-hydrogen) atoms. The highest BCUT2D eigenvalue weighted by molar-refractivity contribution is 5.92. The van der Waals surface area contributed by atoms with Gasteiger partial charge in [-0.05, 0) is 67.3 Å². The van der Waals surface area contributed by atoms with Crippen molar-refractivity contribution < 1.29 is 18.0 Å². The molecule has 0 aliphatic heterocycles. The Bertz CT molecular complexity index is 979. The molecule has 0 atom stereocenters. The first-order chi connectivity index (χ1) is 13.4. The van der Waals surface area contributed by atoms with Crippen LogP contribution in [0, 0.1) is 17.5 Å². The lowest BCUT2D eigenvalue weighted by Gasteiger charge is -2.26. The number of hydrogen-bond donors (Lipinski definition) is 3. The fourth-order valence-electron chi connectivity index (χ4n) is 3.38. The Morgan fingerprint density at radius 3 is 2.32 bits per heavy atom. The Kier molecular flexibility index (Phi) is 6.04. The molecule has 1 heterocycles. The number of carbonyl (C=O) groups excluding carboxylic acids is 1. The van der Waals surface area contributed by atoms with Gasteiger partial charge in [0.2, 0.25) is 5.91 Å². The molecule has 4 rings (SSSR count). The summed E-state index contributed by atoms with van der Waals surface area (Å²) in [6.45, 7) is 0.264. The second-order valence-corrected chi connectivity index (χ2v) is 6.86. The van der Waals surface area contributed by atoms with Crippen molar-refractivity contribution in [1.82, 2.24) is 10.3 Å². The van der Waals surface area contributed by atoms with Crippen molar-refractivity contribution >= 4 is 16.8 Å². The number of fused-ring (bicyclic) bond motifs is 1. The highest BCUT2D eigenvalue weighted by Crippen LogP contribution is 2.45. The number of rotatable bonds is 4. The molecule has 1 aliphatic rings. The number of carbonyl (C=O) groups is 1. The number of halogens is 3. The molecule has 7 heteroatoms. The van der Waals surface area contributed by atoms with Crippen LogP contribution in [0.3, 0.4) is 0 Å². The minimum Gasteiger partial charge on any atom is -0.369 e. The van der Waals surface area contributed by atoms with Gasteiger partial charge in [-0.15, -0.1) is 0 Å². The molecule has 0 unspecified atom stereocenters. The van der Waals surface area contributed by atoms with E-state index in [1.54, 1.807) is 19.2 Å². The SMILES string of the molecule is CNCC(N)=O.Fc1ccc(-c2[nH]c3c(F)cc(F)cc3c2C2CCC2)cc1. The molecule has 4 N–H and O–H groups in total. The van der Waals surface area contributed by atoms with Crippen LogP contribution in [0.5, 0.6) is 0 Å². The van der Waals surface area contributed by atoms with Gasteiger partial charge in [-0.25, -0.2) is 13.2 Å². The van der Waals surface area contributed by atoms with E-state index in [0.717, 1.165) is 42.1 Å². The number of benzene rings is 2. The predicted molar refractivity (Wildman–Crippen MR) is 103 cm³/mol. The van der Waals surface area contributed by atoms with E-state index < -0.39 is 11.6 Å². The standard InChI is InChI=1S/C18H14F3N.C3H8N2O/c19-12-6-4-11(5-7-12)17-16(10-2-1-3-10)14-8-13(20)9-15(21)18(14)22-17;1-5-2-3(4)6/h4-10,22H,1-3H2;5H,2H2,1H3,(H2,4,6). The maximum absolute atomic E-state index is 14.1. The van der Waals surface area contributed by atoms with Crippen LogP contribution in [-0.2, 0) is 4.79 Å². The first kappa shape index (κ1) is 19.9. The third-order valence-corrected chi connectivity index (χ3v) is 4.86. The number of amides is 1. The number of primary amides is 1. The van der Waals surface area contributed by atoms with Gasteiger partial charge in [0, 0.05) is 11.5 Å². The number of aromatic amines is 1. The molecule has 1 amide bonds. The van der Waals surface area contributed by atoms with Crippen LogP contribution in [0.1, 0.15) is 30.7 Å². The topological polar surface area (TPSA) is 70.9 Å². The zero-order chi connectivity index (χ0) is 20.3. The van der Waals surface area contributed by atoms with E-state index in [1.807, 2.05) is 0 Å². The van der Waals surface area contributed by atoms with Gasteiger partial charge < -0.3 is 16.0 Å². The van der Waals surface area contributed by atoms with Crippen molar-refractivity contribution in [2.45, 2.75) is 25.2 Å². The van der Waals surface area contributed by atoms with Crippen molar-refractivity contribution in [3.05, 3.63) is 59.4 Å². The average Bonchev–Trinajstić information content (AvgIpc) is 2.94. The molecular formula is C21H22F3N3O. The molecule has 4 nitrogen and oxygen atoms in total. The normalized spacial score (nSPS) is 13.7. The van der Waals surface area contributed by atoms with Crippen LogP contribution in [0.15, 0.2) is 36.4 Å². The molecule has 148 valence electrons. The van der Waals surface area contributed by atoms with E-state index in [9.17, 15) is 18.0 Å². The Balaban J connectivity index is 0.000000330. The van der Waals surface area contributed by atoms with E-state index in [-0.39, 0.29) is 18.3 Å². The van der Waals surface area contributed by atoms with Gasteiger partial charge in [0.25, 0.3) is 0 Å². The maximum atomic E-state index is 14.1. The third-order valence-electron chi connectivity index (χ3n) is 4.86. The van der Waals surface area contributed by atoms with E-state index in [4.69, 9.17) is 5.73 Å². The monoisotopic (exact) mass is 389 g/mol. The summed E-state index contributed by atoms with van der Waals surface area (Å²) >= 11 is 0. The number of nitrogens with one attached hydrogen (secondary N) is 2. The zero-order valence-corrected chi connectivity index (χ0v) is 15.5. The number of nitrogens with two attached hydrogens (primary N) is 1. The van der Waals surface area contributed by atoms with E-state index in [2.05, 4.69) is 10.3 Å². The van der Waals surface area contributed by atoms with Crippen LogP contribution in [0.4, 0.5) is 13.2 Å². The summed E-state index contributed by atoms with van der Waals surface area (Å²) in [5.74, 6) is -1.51. The Labute approximate surface area is 160 Å². The second-order valence-electron chi connectivity index (χ2n) is 6.86. The van der Waals surface area contributed by atoms with Gasteiger partial charge in [0.05, 0.1) is 17.8 Å². The summed E-state index contributed by atoms with van der Waals surface area (Å²) in [5.41, 5.74) is 7.53. The zero-order valence-electron chi connectivity index (χ0n) is 15.5. The minimum absolute atomic E-state index is 0.264. The molecule has 1 aliphatic carbocycles. The molecule has 1 saturated carbocycles. The van der Waals surface area contributed by atoms with Crippen LogP contribution in [0.25, 0.3) is 22.2 Å². The molecule has 0 saturated heterocycles. The van der Waals surface area contributed by atoms with Gasteiger partial charge in [-0.1, -0.05) is 6.42 Å². The summed E-state index contributed by atoms with van der Waals surface area (Å²) in [6, 6.07) is 8.35. The van der Waals surface area contributed by atoms with Crippen LogP contribution >= 0.6 is 0 Å². The Hall–Kier alpha value is -2.80. The molecular weight excluding hydrogens is 367 g/mol. The van der Waals surface area contributed by atoms with Gasteiger partial charge in [-0.2, -0.15) is 0 Å². The van der Waals surface area contributed by atoms with Gasteiger partial charge in [0.1, 0.15) is 17.5 Å². The smallest absolute Gasteiger partial charge is 0.231 e. The van der Waals surface area contributed by atoms with Gasteiger partial charge in [0.15, 0.2) is 0 Å². The van der Waals surface area contributed by atoms with Crippen molar-refractivity contribution in [2.24, 2.45) is 5.73 Å². The fraction of sp³-hybridized carbons (Fsp3) is 0.286. The molecule has 0 spiro atoms. The number of aromatic nitrogens is 1. The van der Waals surface area contributed by atoms with Gasteiger partial charge in [-0.3, -0.25) is 4.79 Å². The predicted octanol–water partition coefficient (Wildman–Crippen LogP) is 4.21. The largest absolute Gasteiger partial charge is 0.369 e. The quantitative estimate of drug-likeness (QED) is 0.626. The minimum atomic E-state index is -0.594. The highest BCUT2D eigenvalue weighted by Gasteiger charge is 2.27. The van der Waals surface area contributed by atoms with Crippen LogP contribution < -0.4 is 11.1 Å². The second kappa shape index (κ2) is 8.48. The van der Waals surface area contributed by atoms with Crippen molar-refractivity contribution in [2.75, 3.05) is 13.6 Å². The summed E-state index contributed by atoms with van der Waals surface area (Å²) in [6.07, 6.45) is 3.15. The lowest BCUT2D eigenvalue weighted by Crippen LogP contribution is -2.25. The van der Waals surface area contributed by atoms with Gasteiger partial charge >= 0.3 is 0 Å². The molecule has 1 fully saturated rings. The summed E-state index contributed by atoms with van der Waals surface area (Å²) in [4.78, 5) is 12.8. The number of hydrogen-bond acceptors (Lipinski definition) is 2. The first-order valence-electron chi connectivity index (χ1n) is 9.10. The lowest BCUT2D eigenvalue weighted by atomic mass is 9.78. The van der Waals surface area contributed by atoms with E-state index in [0.29, 0.717) is 16.8 Å². The number of H-pyrrole nitrogens is 1. The van der Waals surface area contributed by atoms with Crippen molar-refractivity contribution in [3.8, 4) is 11.3 Å². The van der Waals surface area contributed by atoms with Crippen molar-refractivity contribution in [3.63, 3.8) is 0 Å². The molecule has 2 aromatic carbocycles. The molecule has 0 radical (unpaired) electrons. The lowest BCUT2D eigenvalue weighted by molar-refractivity contribution is -0.117. The Morgan fingerprint density at radius 2 is 1.82 bits per heavy atom. The highest BCUT2D eigenvalue weighted by atomic mass is 19.1. The summed E-state index contributed by atoms with van der Waals surface area (Å²) in [5, 5.41) is 3.19. The molecule has 3 aromatic rings.